The van der Waals surface area contributed by atoms with E-state index in [1.807, 2.05) is 18.2 Å². The molecule has 4 rings (SSSR count). The number of ether oxygens (including phenoxy) is 2. The van der Waals surface area contributed by atoms with Crippen molar-refractivity contribution in [1.82, 2.24) is 4.98 Å². The fraction of sp³-hybridized carbons (Fsp3) is 0.435. The second kappa shape index (κ2) is 8.64. The van der Waals surface area contributed by atoms with Crippen LogP contribution in [0.3, 0.4) is 0 Å². The largest absolute Gasteiger partial charge is 0.501 e. The summed E-state index contributed by atoms with van der Waals surface area (Å²) in [5.74, 6) is 2.14. The Kier molecular flexibility index (Phi) is 5.97. The van der Waals surface area contributed by atoms with Crippen molar-refractivity contribution < 1.29 is 9.47 Å². The van der Waals surface area contributed by atoms with E-state index in [1.54, 1.807) is 19.4 Å². The van der Waals surface area contributed by atoms with Gasteiger partial charge in [-0.3, -0.25) is 4.79 Å². The number of nitrogens with one attached hydrogen (secondary N) is 1. The molecule has 6 heteroatoms. The molecule has 1 atom stereocenters. The van der Waals surface area contributed by atoms with Crippen molar-refractivity contribution in [1.29, 1.82) is 0 Å². The standard InChI is InChI=1S/C23H27ClN2O3/c1-28-17-6-2-14(3-7-17)22(25)15-4-8-18(9-5-15)29-21-12-16-10-11-26-23(27)19(16)13-20(21)24/h2,6,10-13,15,18,22H,3-5,7-9,25H2,1H3,(H,26,27)/t15-,18+,22?. The monoisotopic (exact) mass is 414 g/mol. The fourth-order valence-corrected chi connectivity index (χ4v) is 4.62. The lowest BCUT2D eigenvalue weighted by molar-refractivity contribution is 0.126. The molecule has 2 aliphatic carbocycles. The maximum atomic E-state index is 11.9. The molecule has 1 aromatic heterocycles. The second-order valence-electron chi connectivity index (χ2n) is 7.94. The van der Waals surface area contributed by atoms with Gasteiger partial charge in [-0.05, 0) is 67.7 Å². The Morgan fingerprint density at radius 1 is 1.17 bits per heavy atom. The van der Waals surface area contributed by atoms with Gasteiger partial charge in [0, 0.05) is 24.0 Å². The molecule has 3 N–H and O–H groups in total. The normalized spacial score (nSPS) is 23.3. The molecule has 2 aromatic rings. The third-order valence-electron chi connectivity index (χ3n) is 6.18. The topological polar surface area (TPSA) is 77.3 Å². The number of aromatic nitrogens is 1. The van der Waals surface area contributed by atoms with Gasteiger partial charge in [0.05, 0.1) is 24.0 Å². The number of fused-ring (bicyclic) bond motifs is 1. The second-order valence-corrected chi connectivity index (χ2v) is 8.34. The third-order valence-corrected chi connectivity index (χ3v) is 6.48. The van der Waals surface area contributed by atoms with Crippen LogP contribution in [-0.2, 0) is 4.74 Å². The van der Waals surface area contributed by atoms with E-state index in [9.17, 15) is 4.79 Å². The van der Waals surface area contributed by atoms with Gasteiger partial charge in [-0.1, -0.05) is 23.3 Å². The maximum Gasteiger partial charge on any atom is 0.255 e. The zero-order valence-corrected chi connectivity index (χ0v) is 17.4. The number of rotatable bonds is 5. The van der Waals surface area contributed by atoms with Crippen molar-refractivity contribution in [2.24, 2.45) is 11.7 Å². The lowest BCUT2D eigenvalue weighted by atomic mass is 9.78. The zero-order valence-electron chi connectivity index (χ0n) is 16.6. The summed E-state index contributed by atoms with van der Waals surface area (Å²) in [6, 6.07) is 5.50. The summed E-state index contributed by atoms with van der Waals surface area (Å²) in [6.45, 7) is 0. The minimum atomic E-state index is -0.144. The summed E-state index contributed by atoms with van der Waals surface area (Å²) in [4.78, 5) is 14.6. The number of methoxy groups -OCH3 is 1. The summed E-state index contributed by atoms with van der Waals surface area (Å²) in [5.41, 5.74) is 7.75. The Bertz CT molecular complexity index is 1000. The van der Waals surface area contributed by atoms with Crippen LogP contribution in [0.1, 0.15) is 38.5 Å². The molecule has 2 aliphatic rings. The van der Waals surface area contributed by atoms with Crippen molar-refractivity contribution in [2.75, 3.05) is 7.11 Å². The van der Waals surface area contributed by atoms with E-state index in [4.69, 9.17) is 26.8 Å². The minimum absolute atomic E-state index is 0.0987. The molecule has 1 aromatic carbocycles. The van der Waals surface area contributed by atoms with E-state index in [-0.39, 0.29) is 17.7 Å². The quantitative estimate of drug-likeness (QED) is 0.743. The van der Waals surface area contributed by atoms with Gasteiger partial charge in [-0.25, -0.2) is 0 Å². The number of aromatic amines is 1. The maximum absolute atomic E-state index is 11.9. The predicted molar refractivity (Wildman–Crippen MR) is 116 cm³/mol. The smallest absolute Gasteiger partial charge is 0.255 e. The Balaban J connectivity index is 1.39. The third kappa shape index (κ3) is 4.36. The van der Waals surface area contributed by atoms with E-state index in [0.717, 1.165) is 49.7 Å². The van der Waals surface area contributed by atoms with Crippen molar-refractivity contribution in [3.63, 3.8) is 0 Å². The highest BCUT2D eigenvalue weighted by Gasteiger charge is 2.29. The van der Waals surface area contributed by atoms with Crippen LogP contribution in [0.2, 0.25) is 5.02 Å². The number of nitrogens with two attached hydrogens (primary N) is 1. The molecule has 29 heavy (non-hydrogen) atoms. The zero-order chi connectivity index (χ0) is 20.4. The highest BCUT2D eigenvalue weighted by Crippen LogP contribution is 2.36. The van der Waals surface area contributed by atoms with Crippen molar-refractivity contribution in [3.05, 3.63) is 63.3 Å². The molecule has 0 radical (unpaired) electrons. The fourth-order valence-electron chi connectivity index (χ4n) is 4.41. The number of benzene rings is 1. The lowest BCUT2D eigenvalue weighted by Crippen LogP contribution is -2.37. The van der Waals surface area contributed by atoms with Gasteiger partial charge in [-0.15, -0.1) is 0 Å². The number of hydrogen-bond acceptors (Lipinski definition) is 4. The first-order chi connectivity index (χ1) is 14.0. The average molecular weight is 415 g/mol. The first kappa shape index (κ1) is 20.0. The first-order valence-corrected chi connectivity index (χ1v) is 10.6. The summed E-state index contributed by atoms with van der Waals surface area (Å²) in [5, 5.41) is 1.88. The van der Waals surface area contributed by atoms with Crippen LogP contribution in [-0.4, -0.2) is 24.2 Å². The van der Waals surface area contributed by atoms with Crippen molar-refractivity contribution >= 4 is 22.4 Å². The molecule has 0 saturated heterocycles. The van der Waals surface area contributed by atoms with Crippen LogP contribution in [0.25, 0.3) is 10.8 Å². The van der Waals surface area contributed by atoms with Gasteiger partial charge >= 0.3 is 0 Å². The molecule has 5 nitrogen and oxygen atoms in total. The minimum Gasteiger partial charge on any atom is -0.501 e. The molecular formula is C23H27ClN2O3. The van der Waals surface area contributed by atoms with Crippen LogP contribution in [0.5, 0.6) is 5.75 Å². The molecule has 0 aliphatic heterocycles. The molecule has 0 spiro atoms. The Morgan fingerprint density at radius 2 is 1.97 bits per heavy atom. The van der Waals surface area contributed by atoms with Crippen LogP contribution in [0, 0.1) is 5.92 Å². The Labute approximate surface area is 175 Å². The predicted octanol–water partition coefficient (Wildman–Crippen LogP) is 4.70. The van der Waals surface area contributed by atoms with Gasteiger partial charge in [0.25, 0.3) is 5.56 Å². The first-order valence-electron chi connectivity index (χ1n) is 10.2. The number of pyridine rings is 1. The highest BCUT2D eigenvalue weighted by molar-refractivity contribution is 6.32. The Morgan fingerprint density at radius 3 is 2.66 bits per heavy atom. The number of halogens is 1. The molecule has 0 amide bonds. The molecule has 0 bridgehead atoms. The molecule has 154 valence electrons. The highest BCUT2D eigenvalue weighted by atomic mass is 35.5. The summed E-state index contributed by atoms with van der Waals surface area (Å²) in [6.07, 6.45) is 11.8. The van der Waals surface area contributed by atoms with Gasteiger partial charge in [0.15, 0.2) is 0 Å². The number of H-pyrrole nitrogens is 1. The van der Waals surface area contributed by atoms with Gasteiger partial charge in [0.2, 0.25) is 0 Å². The van der Waals surface area contributed by atoms with Crippen LogP contribution in [0.4, 0.5) is 0 Å². The molecule has 1 fully saturated rings. The van der Waals surface area contributed by atoms with Crippen molar-refractivity contribution in [2.45, 2.75) is 50.7 Å². The van der Waals surface area contributed by atoms with E-state index in [1.165, 1.54) is 5.57 Å². The van der Waals surface area contributed by atoms with Gasteiger partial charge in [-0.2, -0.15) is 0 Å². The van der Waals surface area contributed by atoms with E-state index < -0.39 is 0 Å². The SMILES string of the molecule is COC1=CC=C(C(N)[C@H]2CC[C@@H](Oc3cc4cc[nH]c(=O)c4cc3Cl)CC2)CC1. The molecule has 1 heterocycles. The molecule has 1 saturated carbocycles. The van der Waals surface area contributed by atoms with Gasteiger partial charge in [0.1, 0.15) is 5.75 Å². The molecule has 1 unspecified atom stereocenters. The number of allylic oxidation sites excluding steroid dienone is 3. The Hall–Kier alpha value is -2.24. The average Bonchev–Trinajstić information content (AvgIpc) is 2.75. The van der Waals surface area contributed by atoms with Crippen LogP contribution >= 0.6 is 11.6 Å². The van der Waals surface area contributed by atoms with Gasteiger partial charge < -0.3 is 20.2 Å². The van der Waals surface area contributed by atoms with E-state index >= 15 is 0 Å². The summed E-state index contributed by atoms with van der Waals surface area (Å²) >= 11 is 6.38. The van der Waals surface area contributed by atoms with E-state index in [2.05, 4.69) is 11.1 Å². The van der Waals surface area contributed by atoms with Crippen LogP contribution < -0.4 is 16.0 Å². The molecular weight excluding hydrogens is 388 g/mol. The number of hydrogen-bond donors (Lipinski definition) is 2. The lowest BCUT2D eigenvalue weighted by Gasteiger charge is -2.34. The summed E-state index contributed by atoms with van der Waals surface area (Å²) in [7, 11) is 1.71. The van der Waals surface area contributed by atoms with E-state index in [0.29, 0.717) is 22.1 Å². The van der Waals surface area contributed by atoms with Crippen molar-refractivity contribution in [3.8, 4) is 5.75 Å². The van der Waals surface area contributed by atoms with Crippen LogP contribution in [0.15, 0.2) is 52.7 Å². The summed E-state index contributed by atoms with van der Waals surface area (Å²) < 4.78 is 11.5.